The molecule has 1 atom stereocenters. The van der Waals surface area contributed by atoms with E-state index in [1.54, 1.807) is 6.92 Å². The minimum Gasteiger partial charge on any atom is -0.481 e. The van der Waals surface area contributed by atoms with E-state index >= 15 is 0 Å². The van der Waals surface area contributed by atoms with Gasteiger partial charge in [-0.2, -0.15) is 0 Å². The van der Waals surface area contributed by atoms with E-state index in [0.29, 0.717) is 12.5 Å². The minimum atomic E-state index is -0.744. The van der Waals surface area contributed by atoms with Crippen LogP contribution in [0.25, 0.3) is 0 Å². The monoisotopic (exact) mass is 268 g/mol. The summed E-state index contributed by atoms with van der Waals surface area (Å²) in [7, 11) is 0. The van der Waals surface area contributed by atoms with Gasteiger partial charge >= 0.3 is 5.97 Å². The van der Waals surface area contributed by atoms with Gasteiger partial charge in [0.25, 0.3) is 0 Å². The highest BCUT2D eigenvalue weighted by Crippen LogP contribution is 2.28. The largest absolute Gasteiger partial charge is 0.481 e. The van der Waals surface area contributed by atoms with E-state index in [1.807, 2.05) is 4.90 Å². The number of hydrogen-bond donors (Lipinski definition) is 1. The maximum Gasteiger partial charge on any atom is 0.307 e. The van der Waals surface area contributed by atoms with Crippen molar-refractivity contribution in [3.63, 3.8) is 0 Å². The Balaban J connectivity index is 1.80. The van der Waals surface area contributed by atoms with Crippen LogP contribution in [0.1, 0.15) is 32.6 Å². The highest BCUT2D eigenvalue weighted by Gasteiger charge is 2.30. The van der Waals surface area contributed by atoms with Gasteiger partial charge in [0.1, 0.15) is 0 Å². The maximum absolute atomic E-state index is 12.2. The molecule has 1 amide bonds. The molecule has 1 aliphatic heterocycles. The van der Waals surface area contributed by atoms with E-state index in [0.717, 1.165) is 45.4 Å². The fourth-order valence-electron chi connectivity index (χ4n) is 2.75. The lowest BCUT2D eigenvalue weighted by Gasteiger charge is -2.31. The molecule has 1 saturated carbocycles. The first-order valence-corrected chi connectivity index (χ1v) is 7.32. The number of rotatable bonds is 4. The van der Waals surface area contributed by atoms with Gasteiger partial charge in [-0.05, 0) is 25.8 Å². The highest BCUT2D eigenvalue weighted by molar-refractivity contribution is 5.79. The summed E-state index contributed by atoms with van der Waals surface area (Å²) in [6, 6.07) is 0. The lowest BCUT2D eigenvalue weighted by Crippen LogP contribution is -2.41. The zero-order valence-corrected chi connectivity index (χ0v) is 11.7. The van der Waals surface area contributed by atoms with Crippen molar-refractivity contribution in [1.82, 2.24) is 9.80 Å². The molecule has 108 valence electrons. The quantitative estimate of drug-likeness (QED) is 0.827. The van der Waals surface area contributed by atoms with Crippen LogP contribution in [0.2, 0.25) is 0 Å². The molecule has 1 unspecified atom stereocenters. The van der Waals surface area contributed by atoms with Crippen molar-refractivity contribution in [3.8, 4) is 0 Å². The second-order valence-corrected chi connectivity index (χ2v) is 5.85. The van der Waals surface area contributed by atoms with Crippen LogP contribution < -0.4 is 0 Å². The van der Waals surface area contributed by atoms with Gasteiger partial charge in [-0.1, -0.05) is 13.3 Å². The van der Waals surface area contributed by atoms with E-state index < -0.39 is 5.97 Å². The summed E-state index contributed by atoms with van der Waals surface area (Å²) < 4.78 is 0. The van der Waals surface area contributed by atoms with Crippen LogP contribution in [0.15, 0.2) is 0 Å². The third-order valence-electron chi connectivity index (χ3n) is 4.31. The second kappa shape index (κ2) is 6.37. The number of carbonyl (C=O) groups excluding carboxylic acids is 1. The van der Waals surface area contributed by atoms with Crippen LogP contribution in [-0.2, 0) is 9.59 Å². The van der Waals surface area contributed by atoms with Gasteiger partial charge in [-0.15, -0.1) is 0 Å². The Hall–Kier alpha value is -1.10. The van der Waals surface area contributed by atoms with E-state index in [-0.39, 0.29) is 11.8 Å². The topological polar surface area (TPSA) is 60.9 Å². The summed E-state index contributed by atoms with van der Waals surface area (Å²) in [5.74, 6) is -0.496. The molecular weight excluding hydrogens is 244 g/mol. The highest BCUT2D eigenvalue weighted by atomic mass is 16.4. The van der Waals surface area contributed by atoms with Gasteiger partial charge in [0.15, 0.2) is 0 Å². The molecule has 5 heteroatoms. The van der Waals surface area contributed by atoms with Gasteiger partial charge < -0.3 is 14.9 Å². The molecule has 2 fully saturated rings. The van der Waals surface area contributed by atoms with Gasteiger partial charge in [0, 0.05) is 32.1 Å². The number of carboxylic acids is 1. The predicted octanol–water partition coefficient (Wildman–Crippen LogP) is 1.04. The Labute approximate surface area is 114 Å². The zero-order valence-electron chi connectivity index (χ0n) is 11.7. The molecule has 0 radical (unpaired) electrons. The van der Waals surface area contributed by atoms with Crippen molar-refractivity contribution in [2.24, 2.45) is 11.8 Å². The SMILES string of the molecule is CC(CN1CCCN(C(=O)C2CCC2)CC1)C(=O)O. The summed E-state index contributed by atoms with van der Waals surface area (Å²) in [5.41, 5.74) is 0. The van der Waals surface area contributed by atoms with Crippen molar-refractivity contribution in [2.75, 3.05) is 32.7 Å². The van der Waals surface area contributed by atoms with Crippen molar-refractivity contribution in [1.29, 1.82) is 0 Å². The summed E-state index contributed by atoms with van der Waals surface area (Å²) in [4.78, 5) is 27.2. The molecule has 5 nitrogen and oxygen atoms in total. The molecule has 19 heavy (non-hydrogen) atoms. The lowest BCUT2D eigenvalue weighted by molar-refractivity contribution is -0.142. The second-order valence-electron chi connectivity index (χ2n) is 5.85. The maximum atomic E-state index is 12.2. The Morgan fingerprint density at radius 3 is 2.47 bits per heavy atom. The average molecular weight is 268 g/mol. The molecule has 2 aliphatic rings. The molecule has 1 aliphatic carbocycles. The van der Waals surface area contributed by atoms with Crippen LogP contribution in [-0.4, -0.2) is 59.5 Å². The third-order valence-corrected chi connectivity index (χ3v) is 4.31. The lowest BCUT2D eigenvalue weighted by atomic mass is 9.84. The van der Waals surface area contributed by atoms with Crippen LogP contribution in [0.3, 0.4) is 0 Å². The fourth-order valence-corrected chi connectivity index (χ4v) is 2.75. The number of nitrogens with zero attached hydrogens (tertiary/aromatic N) is 2. The Morgan fingerprint density at radius 1 is 1.16 bits per heavy atom. The smallest absolute Gasteiger partial charge is 0.307 e. The molecule has 1 saturated heterocycles. The van der Waals surface area contributed by atoms with E-state index in [9.17, 15) is 9.59 Å². The molecular formula is C14H24N2O3. The van der Waals surface area contributed by atoms with Gasteiger partial charge in [0.2, 0.25) is 5.91 Å². The van der Waals surface area contributed by atoms with Gasteiger partial charge in [-0.3, -0.25) is 9.59 Å². The molecule has 0 aromatic carbocycles. The molecule has 1 heterocycles. The number of hydrogen-bond acceptors (Lipinski definition) is 3. The van der Waals surface area contributed by atoms with Crippen molar-refractivity contribution in [3.05, 3.63) is 0 Å². The van der Waals surface area contributed by atoms with Crippen LogP contribution in [0.4, 0.5) is 0 Å². The molecule has 0 bridgehead atoms. The van der Waals surface area contributed by atoms with E-state index in [1.165, 1.54) is 6.42 Å². The average Bonchev–Trinajstić information content (AvgIpc) is 2.52. The Morgan fingerprint density at radius 2 is 1.89 bits per heavy atom. The number of amides is 1. The number of aliphatic carboxylic acids is 1. The van der Waals surface area contributed by atoms with Crippen molar-refractivity contribution < 1.29 is 14.7 Å². The minimum absolute atomic E-state index is 0.268. The van der Waals surface area contributed by atoms with Gasteiger partial charge in [-0.25, -0.2) is 0 Å². The zero-order chi connectivity index (χ0) is 13.8. The first-order chi connectivity index (χ1) is 9.08. The van der Waals surface area contributed by atoms with E-state index in [2.05, 4.69) is 4.90 Å². The molecule has 0 aromatic heterocycles. The first-order valence-electron chi connectivity index (χ1n) is 7.32. The summed E-state index contributed by atoms with van der Waals surface area (Å²) in [5, 5.41) is 8.94. The standard InChI is InChI=1S/C14H24N2O3/c1-11(14(18)19)10-15-6-3-7-16(9-8-15)13(17)12-4-2-5-12/h11-12H,2-10H2,1H3,(H,18,19). The predicted molar refractivity (Wildman–Crippen MR) is 71.8 cm³/mol. The number of carboxylic acid groups (broad SMARTS) is 1. The Kier molecular flexibility index (Phi) is 4.80. The van der Waals surface area contributed by atoms with Gasteiger partial charge in [0.05, 0.1) is 5.92 Å². The van der Waals surface area contributed by atoms with Crippen molar-refractivity contribution >= 4 is 11.9 Å². The first kappa shape index (κ1) is 14.3. The van der Waals surface area contributed by atoms with Crippen molar-refractivity contribution in [2.45, 2.75) is 32.6 Å². The van der Waals surface area contributed by atoms with Crippen LogP contribution in [0, 0.1) is 11.8 Å². The summed E-state index contributed by atoms with van der Waals surface area (Å²) >= 11 is 0. The van der Waals surface area contributed by atoms with E-state index in [4.69, 9.17) is 5.11 Å². The third kappa shape index (κ3) is 3.69. The molecule has 0 spiro atoms. The normalized spacial score (nSPS) is 23.5. The Bertz CT molecular complexity index is 342. The molecule has 2 rings (SSSR count). The van der Waals surface area contributed by atoms with Crippen LogP contribution in [0.5, 0.6) is 0 Å². The fraction of sp³-hybridized carbons (Fsp3) is 0.857. The molecule has 1 N–H and O–H groups in total. The summed E-state index contributed by atoms with van der Waals surface area (Å²) in [6.07, 6.45) is 4.24. The number of carbonyl (C=O) groups is 2. The molecule has 0 aromatic rings. The van der Waals surface area contributed by atoms with Crippen LogP contribution >= 0.6 is 0 Å². The summed E-state index contributed by atoms with van der Waals surface area (Å²) in [6.45, 7) is 5.60.